The van der Waals surface area contributed by atoms with E-state index in [0.717, 1.165) is 36.3 Å². The molecule has 0 unspecified atom stereocenters. The fourth-order valence-corrected chi connectivity index (χ4v) is 1.92. The van der Waals surface area contributed by atoms with Gasteiger partial charge < -0.3 is 5.32 Å². The number of nitrogens with zero attached hydrogens (tertiary/aromatic N) is 3. The molecule has 1 heterocycles. The zero-order valence-corrected chi connectivity index (χ0v) is 11.0. The molecule has 4 nitrogen and oxygen atoms in total. The minimum Gasteiger partial charge on any atom is -0.353 e. The summed E-state index contributed by atoms with van der Waals surface area (Å²) in [5, 5.41) is 11.4. The maximum absolute atomic E-state index is 5.62. The summed E-state index contributed by atoms with van der Waals surface area (Å²) in [6.45, 7) is 0.877. The van der Waals surface area contributed by atoms with Crippen molar-refractivity contribution in [2.45, 2.75) is 25.7 Å². The number of aromatic nitrogens is 3. The zero-order valence-electron chi connectivity index (χ0n) is 10.3. The van der Waals surface area contributed by atoms with Gasteiger partial charge in [0, 0.05) is 12.4 Å². The van der Waals surface area contributed by atoms with Crippen molar-refractivity contribution in [2.75, 3.05) is 17.7 Å². The van der Waals surface area contributed by atoms with Crippen molar-refractivity contribution in [1.29, 1.82) is 0 Å². The number of hydrogen-bond acceptors (Lipinski definition) is 4. The van der Waals surface area contributed by atoms with Crippen LogP contribution in [0, 0.1) is 0 Å². The molecule has 0 spiro atoms. The van der Waals surface area contributed by atoms with Crippen LogP contribution in [-0.2, 0) is 0 Å². The number of unbranched alkanes of at least 4 members (excludes halogenated alkanes) is 3. The van der Waals surface area contributed by atoms with Crippen molar-refractivity contribution >= 4 is 28.6 Å². The molecule has 0 aliphatic heterocycles. The molecule has 1 N–H and O–H groups in total. The van der Waals surface area contributed by atoms with E-state index in [0.29, 0.717) is 5.95 Å². The second kappa shape index (κ2) is 7.11. The summed E-state index contributed by atoms with van der Waals surface area (Å²) < 4.78 is 0. The highest BCUT2D eigenvalue weighted by atomic mass is 35.5. The van der Waals surface area contributed by atoms with Crippen LogP contribution < -0.4 is 5.32 Å². The number of rotatable bonds is 7. The Morgan fingerprint density at radius 2 is 1.72 bits per heavy atom. The molecule has 0 aliphatic rings. The SMILES string of the molecule is ClCCCCCCNc1nnc2ccccc2n1. The summed E-state index contributed by atoms with van der Waals surface area (Å²) in [5.41, 5.74) is 1.70. The van der Waals surface area contributed by atoms with Crippen LogP contribution >= 0.6 is 11.6 Å². The molecule has 0 fully saturated rings. The normalized spacial score (nSPS) is 10.7. The Hall–Kier alpha value is -1.42. The van der Waals surface area contributed by atoms with Gasteiger partial charge in [-0.05, 0) is 25.0 Å². The average molecular weight is 265 g/mol. The summed E-state index contributed by atoms with van der Waals surface area (Å²) in [6.07, 6.45) is 4.56. The highest BCUT2D eigenvalue weighted by molar-refractivity contribution is 6.17. The van der Waals surface area contributed by atoms with E-state index < -0.39 is 0 Å². The molecule has 0 amide bonds. The number of anilines is 1. The minimum atomic E-state index is 0.603. The van der Waals surface area contributed by atoms with E-state index in [1.807, 2.05) is 24.3 Å². The van der Waals surface area contributed by atoms with E-state index in [1.165, 1.54) is 12.8 Å². The number of para-hydroxylation sites is 1. The lowest BCUT2D eigenvalue weighted by molar-refractivity contribution is 0.685. The van der Waals surface area contributed by atoms with Gasteiger partial charge in [-0.15, -0.1) is 21.8 Å². The van der Waals surface area contributed by atoms with E-state index in [9.17, 15) is 0 Å². The Kier molecular flexibility index (Phi) is 5.15. The first-order valence-corrected chi connectivity index (χ1v) is 6.83. The Labute approximate surface area is 112 Å². The molecule has 0 bridgehead atoms. The van der Waals surface area contributed by atoms with Gasteiger partial charge in [0.2, 0.25) is 5.95 Å². The fourth-order valence-electron chi connectivity index (χ4n) is 1.73. The lowest BCUT2D eigenvalue weighted by atomic mass is 10.2. The van der Waals surface area contributed by atoms with Gasteiger partial charge in [0.25, 0.3) is 0 Å². The third-order valence-corrected chi connectivity index (χ3v) is 2.97. The summed E-state index contributed by atoms with van der Waals surface area (Å²) >= 11 is 5.62. The maximum Gasteiger partial charge on any atom is 0.243 e. The van der Waals surface area contributed by atoms with Gasteiger partial charge in [-0.25, -0.2) is 4.98 Å². The lowest BCUT2D eigenvalue weighted by Gasteiger charge is -2.04. The monoisotopic (exact) mass is 264 g/mol. The van der Waals surface area contributed by atoms with Crippen molar-refractivity contribution in [3.05, 3.63) is 24.3 Å². The molecule has 0 saturated carbocycles. The first kappa shape index (κ1) is 13.0. The van der Waals surface area contributed by atoms with Crippen molar-refractivity contribution in [2.24, 2.45) is 0 Å². The van der Waals surface area contributed by atoms with E-state index in [1.54, 1.807) is 0 Å². The Balaban J connectivity index is 1.81. The summed E-state index contributed by atoms with van der Waals surface area (Å²) in [6, 6.07) is 7.73. The summed E-state index contributed by atoms with van der Waals surface area (Å²) in [4.78, 5) is 4.40. The van der Waals surface area contributed by atoms with Crippen molar-refractivity contribution in [3.8, 4) is 0 Å². The van der Waals surface area contributed by atoms with Gasteiger partial charge in [0.15, 0.2) is 0 Å². The van der Waals surface area contributed by atoms with E-state index in [2.05, 4.69) is 20.5 Å². The first-order chi connectivity index (χ1) is 8.90. The molecule has 0 radical (unpaired) electrons. The predicted octanol–water partition coefficient (Wildman–Crippen LogP) is 3.24. The van der Waals surface area contributed by atoms with Crippen LogP contribution in [-0.4, -0.2) is 27.6 Å². The number of fused-ring (bicyclic) bond motifs is 1. The highest BCUT2D eigenvalue weighted by Gasteiger charge is 1.99. The van der Waals surface area contributed by atoms with Gasteiger partial charge >= 0.3 is 0 Å². The van der Waals surface area contributed by atoms with Crippen LogP contribution in [0.15, 0.2) is 24.3 Å². The minimum absolute atomic E-state index is 0.603. The molecule has 1 aromatic carbocycles. The average Bonchev–Trinajstić information content (AvgIpc) is 2.42. The Morgan fingerprint density at radius 1 is 0.944 bits per heavy atom. The summed E-state index contributed by atoms with van der Waals surface area (Å²) in [7, 11) is 0. The molecule has 5 heteroatoms. The van der Waals surface area contributed by atoms with Gasteiger partial charge in [0.05, 0.1) is 5.52 Å². The van der Waals surface area contributed by atoms with Crippen LogP contribution in [0.25, 0.3) is 11.0 Å². The van der Waals surface area contributed by atoms with E-state index in [4.69, 9.17) is 11.6 Å². The number of benzene rings is 1. The quantitative estimate of drug-likeness (QED) is 0.616. The van der Waals surface area contributed by atoms with Gasteiger partial charge in [-0.3, -0.25) is 0 Å². The highest BCUT2D eigenvalue weighted by Crippen LogP contribution is 2.09. The number of halogens is 1. The van der Waals surface area contributed by atoms with Crippen molar-refractivity contribution in [1.82, 2.24) is 15.2 Å². The number of alkyl halides is 1. The molecule has 18 heavy (non-hydrogen) atoms. The standard InChI is InChI=1S/C13H17ClN4/c14-9-5-1-2-6-10-15-13-16-11-7-3-4-8-12(11)17-18-13/h3-4,7-8H,1-2,5-6,9-10H2,(H,15,16,18). The maximum atomic E-state index is 5.62. The second-order valence-electron chi connectivity index (χ2n) is 4.15. The smallest absolute Gasteiger partial charge is 0.243 e. The van der Waals surface area contributed by atoms with Crippen LogP contribution in [0.1, 0.15) is 25.7 Å². The van der Waals surface area contributed by atoms with Gasteiger partial charge in [-0.1, -0.05) is 25.0 Å². The van der Waals surface area contributed by atoms with Crippen molar-refractivity contribution < 1.29 is 0 Å². The number of nitrogens with one attached hydrogen (secondary N) is 1. The molecule has 0 atom stereocenters. The van der Waals surface area contributed by atoms with Crippen LogP contribution in [0.2, 0.25) is 0 Å². The zero-order chi connectivity index (χ0) is 12.6. The molecule has 2 aromatic rings. The van der Waals surface area contributed by atoms with Crippen LogP contribution in [0.5, 0.6) is 0 Å². The fraction of sp³-hybridized carbons (Fsp3) is 0.462. The molecular formula is C13H17ClN4. The van der Waals surface area contributed by atoms with Crippen LogP contribution in [0.4, 0.5) is 5.95 Å². The van der Waals surface area contributed by atoms with E-state index in [-0.39, 0.29) is 0 Å². The Bertz CT molecular complexity index is 489. The van der Waals surface area contributed by atoms with Gasteiger partial charge in [-0.2, -0.15) is 0 Å². The topological polar surface area (TPSA) is 50.7 Å². The molecule has 2 rings (SSSR count). The molecule has 96 valence electrons. The van der Waals surface area contributed by atoms with Gasteiger partial charge in [0.1, 0.15) is 5.52 Å². The van der Waals surface area contributed by atoms with E-state index >= 15 is 0 Å². The van der Waals surface area contributed by atoms with Crippen LogP contribution in [0.3, 0.4) is 0 Å². The Morgan fingerprint density at radius 3 is 2.56 bits per heavy atom. The molecule has 0 saturated heterocycles. The second-order valence-corrected chi connectivity index (χ2v) is 4.53. The molecule has 0 aliphatic carbocycles. The van der Waals surface area contributed by atoms with Crippen molar-refractivity contribution in [3.63, 3.8) is 0 Å². The lowest BCUT2D eigenvalue weighted by Crippen LogP contribution is -2.06. The molecule has 1 aromatic heterocycles. The predicted molar refractivity (Wildman–Crippen MR) is 75.0 cm³/mol. The third-order valence-electron chi connectivity index (χ3n) is 2.70. The third kappa shape index (κ3) is 3.81. The number of hydrogen-bond donors (Lipinski definition) is 1. The molecular weight excluding hydrogens is 248 g/mol. The summed E-state index contributed by atoms with van der Waals surface area (Å²) in [5.74, 6) is 1.36. The first-order valence-electron chi connectivity index (χ1n) is 6.29. The largest absolute Gasteiger partial charge is 0.353 e.